The van der Waals surface area contributed by atoms with E-state index in [2.05, 4.69) is 0 Å². The Hall–Kier alpha value is -3.25. The van der Waals surface area contributed by atoms with E-state index in [1.165, 1.54) is 15.9 Å². The van der Waals surface area contributed by atoms with Crippen LogP contribution in [-0.2, 0) is 17.6 Å². The molecule has 5 nitrogen and oxygen atoms in total. The lowest BCUT2D eigenvalue weighted by Crippen LogP contribution is -2.33. The Morgan fingerprint density at radius 1 is 1.09 bits per heavy atom. The van der Waals surface area contributed by atoms with Crippen LogP contribution in [0.3, 0.4) is 0 Å². The number of aliphatic carboxylic acids is 1. The molecule has 0 radical (unpaired) electrons. The largest absolute Gasteiger partial charge is 0.480 e. The van der Waals surface area contributed by atoms with E-state index in [4.69, 9.17) is 4.98 Å². The van der Waals surface area contributed by atoms with E-state index < -0.39 is 12.0 Å². The molecule has 1 unspecified atom stereocenters. The maximum absolute atomic E-state index is 13.7. The van der Waals surface area contributed by atoms with Gasteiger partial charge < -0.3 is 5.11 Å². The summed E-state index contributed by atoms with van der Waals surface area (Å²) in [6.07, 6.45) is 2.23. The van der Waals surface area contributed by atoms with Crippen molar-refractivity contribution in [1.29, 1.82) is 0 Å². The van der Waals surface area contributed by atoms with E-state index in [0.29, 0.717) is 35.3 Å². The lowest BCUT2D eigenvalue weighted by atomic mass is 10.0. The van der Waals surface area contributed by atoms with Crippen molar-refractivity contribution in [1.82, 2.24) is 9.55 Å². The predicted molar refractivity (Wildman–Crippen MR) is 129 cm³/mol. The zero-order valence-corrected chi connectivity index (χ0v) is 19.1. The van der Waals surface area contributed by atoms with Crippen LogP contribution >= 0.6 is 11.3 Å². The van der Waals surface area contributed by atoms with Crippen molar-refractivity contribution in [3.63, 3.8) is 0 Å². The number of fused-ring (bicyclic) bond motifs is 1. The Morgan fingerprint density at radius 3 is 2.47 bits per heavy atom. The van der Waals surface area contributed by atoms with E-state index >= 15 is 0 Å². The minimum absolute atomic E-state index is 0.269. The molecule has 0 saturated heterocycles. The summed E-state index contributed by atoms with van der Waals surface area (Å²) in [7, 11) is 0. The van der Waals surface area contributed by atoms with Gasteiger partial charge in [0.05, 0.1) is 5.39 Å². The van der Waals surface area contributed by atoms with Gasteiger partial charge >= 0.3 is 5.97 Å². The number of hydrogen-bond acceptors (Lipinski definition) is 4. The number of hydrogen-bond donors (Lipinski definition) is 1. The minimum Gasteiger partial charge on any atom is -0.480 e. The van der Waals surface area contributed by atoms with Crippen molar-refractivity contribution in [3.8, 4) is 11.1 Å². The highest BCUT2D eigenvalue weighted by molar-refractivity contribution is 7.17. The lowest BCUT2D eigenvalue weighted by molar-refractivity contribution is -0.141. The number of carboxylic acids is 1. The third-order valence-electron chi connectivity index (χ3n) is 5.70. The van der Waals surface area contributed by atoms with Gasteiger partial charge in [-0.2, -0.15) is 0 Å². The Bertz CT molecular complexity index is 1290. The first-order valence-electron chi connectivity index (χ1n) is 10.9. The Morgan fingerprint density at radius 2 is 1.81 bits per heavy atom. The monoisotopic (exact) mass is 446 g/mol. The van der Waals surface area contributed by atoms with E-state index in [1.807, 2.05) is 73.8 Å². The summed E-state index contributed by atoms with van der Waals surface area (Å²) in [6, 6.07) is 16.8. The number of rotatable bonds is 8. The number of aromatic nitrogens is 2. The molecule has 0 aliphatic carbocycles. The highest BCUT2D eigenvalue weighted by Gasteiger charge is 2.26. The standard InChI is InChI=1S/C26H26N2O3S/c1-3-7-22-27-24-23(20(16-32-24)19-8-5-4-6-9-19)25(29)28(22)21(26(30)31)15-14-18-12-10-17(2)11-13-18/h4-6,8-13,16,21H,3,7,14-15H2,1-2H3,(H,30,31). The molecule has 6 heteroatoms. The van der Waals surface area contributed by atoms with Gasteiger partial charge in [0.25, 0.3) is 5.56 Å². The molecule has 2 heterocycles. The highest BCUT2D eigenvalue weighted by Crippen LogP contribution is 2.32. The highest BCUT2D eigenvalue weighted by atomic mass is 32.1. The normalized spacial score (nSPS) is 12.2. The number of nitrogens with zero attached hydrogens (tertiary/aromatic N) is 2. The van der Waals surface area contributed by atoms with Crippen LogP contribution in [0.2, 0.25) is 0 Å². The summed E-state index contributed by atoms with van der Waals surface area (Å²) in [5, 5.41) is 12.5. The average Bonchev–Trinajstić information content (AvgIpc) is 3.22. The summed E-state index contributed by atoms with van der Waals surface area (Å²) < 4.78 is 1.43. The molecule has 164 valence electrons. The molecule has 0 fully saturated rings. The second-order valence-electron chi connectivity index (χ2n) is 8.03. The van der Waals surface area contributed by atoms with Gasteiger partial charge in [0.1, 0.15) is 16.7 Å². The van der Waals surface area contributed by atoms with Gasteiger partial charge in [-0.3, -0.25) is 9.36 Å². The van der Waals surface area contributed by atoms with Crippen molar-refractivity contribution < 1.29 is 9.90 Å². The molecule has 4 aromatic rings. The second-order valence-corrected chi connectivity index (χ2v) is 8.89. The first-order chi connectivity index (χ1) is 15.5. The van der Waals surface area contributed by atoms with Gasteiger partial charge in [-0.05, 0) is 37.3 Å². The van der Waals surface area contributed by atoms with Crippen LogP contribution in [-0.4, -0.2) is 20.6 Å². The van der Waals surface area contributed by atoms with Gasteiger partial charge in [0.2, 0.25) is 0 Å². The molecule has 1 N–H and O–H groups in total. The Labute approximate surface area is 191 Å². The molecule has 0 saturated carbocycles. The first kappa shape index (κ1) is 22.0. The van der Waals surface area contributed by atoms with Crippen LogP contribution < -0.4 is 5.56 Å². The second kappa shape index (κ2) is 9.49. The molecule has 2 aromatic heterocycles. The molecular weight excluding hydrogens is 420 g/mol. The van der Waals surface area contributed by atoms with E-state index in [-0.39, 0.29) is 5.56 Å². The van der Waals surface area contributed by atoms with Crippen molar-refractivity contribution in [2.24, 2.45) is 0 Å². The summed E-state index contributed by atoms with van der Waals surface area (Å²) in [6.45, 7) is 4.03. The Kier molecular flexibility index (Phi) is 6.51. The minimum atomic E-state index is -1.01. The average molecular weight is 447 g/mol. The zero-order valence-electron chi connectivity index (χ0n) is 18.2. The molecule has 0 amide bonds. The molecule has 0 bridgehead atoms. The van der Waals surface area contributed by atoms with Crippen molar-refractivity contribution >= 4 is 27.5 Å². The van der Waals surface area contributed by atoms with Gasteiger partial charge in [0.15, 0.2) is 0 Å². The van der Waals surface area contributed by atoms with Crippen molar-refractivity contribution in [3.05, 3.63) is 87.3 Å². The Balaban J connectivity index is 1.82. The number of thiophene rings is 1. The van der Waals surface area contributed by atoms with Crippen molar-refractivity contribution in [2.75, 3.05) is 0 Å². The van der Waals surface area contributed by atoms with Crippen LogP contribution in [0.15, 0.2) is 64.8 Å². The molecule has 2 aromatic carbocycles. The SMILES string of the molecule is CCCc1nc2scc(-c3ccccc3)c2c(=O)n1C(CCc1ccc(C)cc1)C(=O)O. The fraction of sp³-hybridized carbons (Fsp3) is 0.269. The molecular formula is C26H26N2O3S. The first-order valence-corrected chi connectivity index (χ1v) is 11.7. The molecule has 32 heavy (non-hydrogen) atoms. The smallest absolute Gasteiger partial charge is 0.326 e. The van der Waals surface area contributed by atoms with Crippen molar-refractivity contribution in [2.45, 2.75) is 45.6 Å². The van der Waals surface area contributed by atoms with Gasteiger partial charge in [-0.1, -0.05) is 67.1 Å². The maximum Gasteiger partial charge on any atom is 0.326 e. The molecule has 0 aliphatic heterocycles. The molecule has 0 spiro atoms. The fourth-order valence-corrected chi connectivity index (χ4v) is 4.97. The number of carboxylic acid groups (broad SMARTS) is 1. The number of carbonyl (C=O) groups is 1. The fourth-order valence-electron chi connectivity index (χ4n) is 4.02. The maximum atomic E-state index is 13.7. The van der Waals surface area contributed by atoms with Crippen LogP contribution in [0.5, 0.6) is 0 Å². The summed E-state index contributed by atoms with van der Waals surface area (Å²) >= 11 is 1.43. The summed E-state index contributed by atoms with van der Waals surface area (Å²) in [4.78, 5) is 31.5. The third-order valence-corrected chi connectivity index (χ3v) is 6.57. The van der Waals surface area contributed by atoms with Crippen LogP contribution in [0.4, 0.5) is 0 Å². The van der Waals surface area contributed by atoms with Crippen LogP contribution in [0, 0.1) is 6.92 Å². The zero-order chi connectivity index (χ0) is 22.7. The summed E-state index contributed by atoms with van der Waals surface area (Å²) in [5.74, 6) is -0.461. The number of benzene rings is 2. The van der Waals surface area contributed by atoms with E-state index in [0.717, 1.165) is 28.7 Å². The summed E-state index contributed by atoms with van der Waals surface area (Å²) in [5.41, 5.74) is 3.68. The van der Waals surface area contributed by atoms with Crippen LogP contribution in [0.1, 0.15) is 42.8 Å². The van der Waals surface area contributed by atoms with Gasteiger partial charge in [-0.25, -0.2) is 9.78 Å². The third kappa shape index (κ3) is 4.36. The molecule has 1 atom stereocenters. The topological polar surface area (TPSA) is 72.2 Å². The predicted octanol–water partition coefficient (Wildman–Crippen LogP) is 5.64. The number of aryl methyl sites for hydroxylation is 3. The quantitative estimate of drug-likeness (QED) is 0.380. The molecule has 0 aliphatic rings. The lowest BCUT2D eigenvalue weighted by Gasteiger charge is -2.20. The van der Waals surface area contributed by atoms with Gasteiger partial charge in [-0.15, -0.1) is 11.3 Å². The molecule has 4 rings (SSSR count). The van der Waals surface area contributed by atoms with Gasteiger partial charge in [0, 0.05) is 17.4 Å². The van der Waals surface area contributed by atoms with E-state index in [1.54, 1.807) is 0 Å². The van der Waals surface area contributed by atoms with Crippen LogP contribution in [0.25, 0.3) is 21.3 Å². The van der Waals surface area contributed by atoms with E-state index in [9.17, 15) is 14.7 Å².